The van der Waals surface area contributed by atoms with E-state index in [1.54, 1.807) is 48.5 Å². The number of carbonyl (C=O) groups excluding carboxylic acids is 2. The molecule has 0 bridgehead atoms. The number of methoxy groups -OCH3 is 1. The average Bonchev–Trinajstić information content (AvgIpc) is 2.86. The summed E-state index contributed by atoms with van der Waals surface area (Å²) in [6.07, 6.45) is 1.44. The Kier molecular flexibility index (Phi) is 9.55. The number of carbonyl (C=O) groups is 2. The van der Waals surface area contributed by atoms with Crippen LogP contribution in [0.1, 0.15) is 28.4 Å². The molecule has 188 valence electrons. The number of amides is 2. The van der Waals surface area contributed by atoms with Crippen LogP contribution in [-0.4, -0.2) is 38.4 Å². The summed E-state index contributed by atoms with van der Waals surface area (Å²) in [6.45, 7) is 3.92. The molecule has 2 N–H and O–H groups in total. The van der Waals surface area contributed by atoms with Gasteiger partial charge in [0, 0.05) is 16.3 Å². The van der Waals surface area contributed by atoms with Crippen LogP contribution in [0.5, 0.6) is 17.2 Å². The van der Waals surface area contributed by atoms with Crippen molar-refractivity contribution >= 4 is 46.9 Å². The first-order chi connectivity index (χ1) is 17.3. The molecule has 0 saturated heterocycles. The van der Waals surface area contributed by atoms with Gasteiger partial charge < -0.3 is 19.5 Å². The summed E-state index contributed by atoms with van der Waals surface area (Å²) < 4.78 is 16.2. The number of rotatable bonds is 10. The van der Waals surface area contributed by atoms with Gasteiger partial charge in [-0.3, -0.25) is 9.59 Å². The normalized spacial score (nSPS) is 10.7. The standard InChI is InChI=1S/C26H25Cl2N3O5/c1-4-35-24-12-18(7-10-23(24)34-3)26(33)31-29-14-17-6-9-22(21(28)11-17)36-15-25(32)30-19-8-5-16(2)20(27)13-19/h5-14H,4,15H2,1-3H3,(H,30,32)(H,31,33)/b29-14+. The lowest BCUT2D eigenvalue weighted by Gasteiger charge is -2.10. The van der Waals surface area contributed by atoms with Crippen LogP contribution in [0.25, 0.3) is 0 Å². The van der Waals surface area contributed by atoms with Crippen molar-refractivity contribution in [3.63, 3.8) is 0 Å². The van der Waals surface area contributed by atoms with Gasteiger partial charge in [-0.15, -0.1) is 0 Å². The van der Waals surface area contributed by atoms with E-state index in [0.29, 0.717) is 45.7 Å². The van der Waals surface area contributed by atoms with Crippen molar-refractivity contribution in [1.29, 1.82) is 0 Å². The molecule has 0 atom stereocenters. The fraction of sp³-hybridized carbons (Fsp3) is 0.192. The summed E-state index contributed by atoms with van der Waals surface area (Å²) in [7, 11) is 1.53. The van der Waals surface area contributed by atoms with Gasteiger partial charge in [0.15, 0.2) is 18.1 Å². The summed E-state index contributed by atoms with van der Waals surface area (Å²) in [5, 5.41) is 7.53. The molecule has 0 fully saturated rings. The molecule has 0 radical (unpaired) electrons. The molecule has 0 heterocycles. The predicted octanol–water partition coefficient (Wildman–Crippen LogP) is 5.49. The molecule has 0 unspecified atom stereocenters. The highest BCUT2D eigenvalue weighted by molar-refractivity contribution is 6.32. The van der Waals surface area contributed by atoms with E-state index in [2.05, 4.69) is 15.8 Å². The van der Waals surface area contributed by atoms with Crippen molar-refractivity contribution in [2.45, 2.75) is 13.8 Å². The molecule has 0 spiro atoms. The highest BCUT2D eigenvalue weighted by Gasteiger charge is 2.11. The Hall–Kier alpha value is -3.75. The third kappa shape index (κ3) is 7.37. The second kappa shape index (κ2) is 12.8. The third-order valence-electron chi connectivity index (χ3n) is 4.88. The van der Waals surface area contributed by atoms with Crippen molar-refractivity contribution in [3.05, 3.63) is 81.3 Å². The lowest BCUT2D eigenvalue weighted by atomic mass is 10.2. The Bertz CT molecular complexity index is 1280. The van der Waals surface area contributed by atoms with Crippen LogP contribution in [0.3, 0.4) is 0 Å². The molecular formula is C26H25Cl2N3O5. The summed E-state index contributed by atoms with van der Waals surface area (Å²) in [5.74, 6) is 0.560. The number of anilines is 1. The van der Waals surface area contributed by atoms with E-state index in [1.807, 2.05) is 19.9 Å². The van der Waals surface area contributed by atoms with Crippen LogP contribution in [-0.2, 0) is 4.79 Å². The second-order valence-corrected chi connectivity index (χ2v) is 8.30. The van der Waals surface area contributed by atoms with Gasteiger partial charge in [0.05, 0.1) is 25.0 Å². The lowest BCUT2D eigenvalue weighted by molar-refractivity contribution is -0.118. The zero-order valence-corrected chi connectivity index (χ0v) is 21.4. The van der Waals surface area contributed by atoms with Crippen LogP contribution in [0.2, 0.25) is 10.0 Å². The Balaban J connectivity index is 1.54. The fourth-order valence-corrected chi connectivity index (χ4v) is 3.47. The van der Waals surface area contributed by atoms with Crippen LogP contribution < -0.4 is 25.0 Å². The van der Waals surface area contributed by atoms with Gasteiger partial charge in [0.2, 0.25) is 0 Å². The number of nitrogens with one attached hydrogen (secondary N) is 2. The van der Waals surface area contributed by atoms with E-state index in [4.69, 9.17) is 37.4 Å². The lowest BCUT2D eigenvalue weighted by Crippen LogP contribution is -2.20. The van der Waals surface area contributed by atoms with Gasteiger partial charge in [0.25, 0.3) is 11.8 Å². The average molecular weight is 530 g/mol. The molecule has 0 aliphatic heterocycles. The second-order valence-electron chi connectivity index (χ2n) is 7.49. The van der Waals surface area contributed by atoms with Crippen LogP contribution in [0.4, 0.5) is 5.69 Å². The molecule has 3 aromatic rings. The first-order valence-corrected chi connectivity index (χ1v) is 11.7. The van der Waals surface area contributed by atoms with Gasteiger partial charge in [0.1, 0.15) is 5.75 Å². The van der Waals surface area contributed by atoms with Crippen LogP contribution in [0, 0.1) is 6.92 Å². The van der Waals surface area contributed by atoms with Crippen molar-refractivity contribution in [3.8, 4) is 17.2 Å². The van der Waals surface area contributed by atoms with E-state index < -0.39 is 5.91 Å². The summed E-state index contributed by atoms with van der Waals surface area (Å²) in [4.78, 5) is 24.6. The summed E-state index contributed by atoms with van der Waals surface area (Å²) >= 11 is 12.4. The largest absolute Gasteiger partial charge is 0.493 e. The topological polar surface area (TPSA) is 98.3 Å². The number of ether oxygens (including phenoxy) is 3. The zero-order valence-electron chi connectivity index (χ0n) is 19.9. The van der Waals surface area contributed by atoms with Crippen molar-refractivity contribution in [2.24, 2.45) is 5.10 Å². The van der Waals surface area contributed by atoms with Gasteiger partial charge in [-0.1, -0.05) is 29.3 Å². The van der Waals surface area contributed by atoms with Crippen LogP contribution >= 0.6 is 23.2 Å². The van der Waals surface area contributed by atoms with Crippen molar-refractivity contribution in [2.75, 3.05) is 25.6 Å². The molecule has 3 rings (SSSR count). The fourth-order valence-electron chi connectivity index (χ4n) is 3.04. The number of halogens is 2. The minimum atomic E-state index is -0.415. The van der Waals surface area contributed by atoms with E-state index >= 15 is 0 Å². The van der Waals surface area contributed by atoms with Gasteiger partial charge in [-0.2, -0.15) is 5.10 Å². The summed E-state index contributed by atoms with van der Waals surface area (Å²) in [5.41, 5.74) is 4.93. The Labute approximate surface area is 219 Å². The predicted molar refractivity (Wildman–Crippen MR) is 141 cm³/mol. The van der Waals surface area contributed by atoms with Gasteiger partial charge in [-0.25, -0.2) is 5.43 Å². The van der Waals surface area contributed by atoms with Gasteiger partial charge >= 0.3 is 0 Å². The number of benzene rings is 3. The molecular weight excluding hydrogens is 505 g/mol. The molecule has 0 saturated carbocycles. The number of hydrogen-bond donors (Lipinski definition) is 2. The molecule has 8 nitrogen and oxygen atoms in total. The maximum absolute atomic E-state index is 12.4. The molecule has 0 aliphatic rings. The highest BCUT2D eigenvalue weighted by atomic mass is 35.5. The molecule has 2 amide bonds. The minimum Gasteiger partial charge on any atom is -0.493 e. The first kappa shape index (κ1) is 26.8. The first-order valence-electron chi connectivity index (χ1n) is 10.9. The Morgan fingerprint density at radius 2 is 1.72 bits per heavy atom. The maximum atomic E-state index is 12.4. The Morgan fingerprint density at radius 1 is 0.944 bits per heavy atom. The number of hydrazone groups is 1. The SMILES string of the molecule is CCOc1cc(C(=O)N/N=C/c2ccc(OCC(=O)Nc3ccc(C)c(Cl)c3)c(Cl)c2)ccc1OC. The quantitative estimate of drug-likeness (QED) is 0.267. The number of aryl methyl sites for hydroxylation is 1. The monoisotopic (exact) mass is 529 g/mol. The van der Waals surface area contributed by atoms with Crippen molar-refractivity contribution < 1.29 is 23.8 Å². The summed E-state index contributed by atoms with van der Waals surface area (Å²) in [6, 6.07) is 15.0. The Morgan fingerprint density at radius 3 is 2.42 bits per heavy atom. The smallest absolute Gasteiger partial charge is 0.271 e. The van der Waals surface area contributed by atoms with E-state index in [9.17, 15) is 9.59 Å². The third-order valence-corrected chi connectivity index (χ3v) is 5.58. The maximum Gasteiger partial charge on any atom is 0.271 e. The molecule has 10 heteroatoms. The van der Waals surface area contributed by atoms with E-state index in [-0.39, 0.29) is 17.5 Å². The molecule has 0 aliphatic carbocycles. The van der Waals surface area contributed by atoms with Gasteiger partial charge in [-0.05, 0) is 73.5 Å². The van der Waals surface area contributed by atoms with Crippen molar-refractivity contribution in [1.82, 2.24) is 5.43 Å². The molecule has 3 aromatic carbocycles. The molecule has 0 aromatic heterocycles. The van der Waals surface area contributed by atoms with E-state index in [1.165, 1.54) is 13.3 Å². The number of nitrogens with zero attached hydrogens (tertiary/aromatic N) is 1. The number of hydrogen-bond acceptors (Lipinski definition) is 6. The van der Waals surface area contributed by atoms with E-state index in [0.717, 1.165) is 5.56 Å². The van der Waals surface area contributed by atoms with Crippen LogP contribution in [0.15, 0.2) is 59.7 Å². The highest BCUT2D eigenvalue weighted by Crippen LogP contribution is 2.28. The zero-order chi connectivity index (χ0) is 26.1. The molecule has 36 heavy (non-hydrogen) atoms. The minimum absolute atomic E-state index is 0.236.